The number of anilines is 1. The third kappa shape index (κ3) is 2.98. The summed E-state index contributed by atoms with van der Waals surface area (Å²) in [5.74, 6) is 1.03. The zero-order chi connectivity index (χ0) is 13.9. The van der Waals surface area contributed by atoms with Crippen molar-refractivity contribution in [3.05, 3.63) is 5.82 Å². The SMILES string of the molecule is CCCc1nsc(N(CCC)C2CC3CCC(C2)N3)n1. The quantitative estimate of drug-likeness (QED) is 0.875. The van der Waals surface area contributed by atoms with Crippen molar-refractivity contribution in [2.75, 3.05) is 11.4 Å². The zero-order valence-corrected chi connectivity index (χ0v) is 13.5. The number of hydrogen-bond acceptors (Lipinski definition) is 5. The second-order valence-electron chi connectivity index (χ2n) is 6.20. The number of aromatic nitrogens is 2. The fourth-order valence-corrected chi connectivity index (χ4v) is 4.45. The van der Waals surface area contributed by atoms with Crippen molar-refractivity contribution in [2.24, 2.45) is 0 Å². The van der Waals surface area contributed by atoms with E-state index in [0.29, 0.717) is 6.04 Å². The molecule has 1 N–H and O–H groups in total. The molecule has 2 unspecified atom stereocenters. The molecule has 0 spiro atoms. The molecule has 1 aromatic heterocycles. The monoisotopic (exact) mass is 294 g/mol. The van der Waals surface area contributed by atoms with E-state index in [0.717, 1.165) is 42.4 Å². The molecule has 3 heterocycles. The van der Waals surface area contributed by atoms with Crippen LogP contribution in [0.3, 0.4) is 0 Å². The number of aryl methyl sites for hydroxylation is 1. The van der Waals surface area contributed by atoms with Crippen LogP contribution in [-0.4, -0.2) is 34.0 Å². The lowest BCUT2D eigenvalue weighted by Crippen LogP contribution is -2.48. The number of nitrogens with one attached hydrogen (secondary N) is 1. The van der Waals surface area contributed by atoms with Gasteiger partial charge in [-0.1, -0.05) is 13.8 Å². The van der Waals surface area contributed by atoms with Crippen molar-refractivity contribution in [3.8, 4) is 0 Å². The molecule has 0 radical (unpaired) electrons. The second kappa shape index (κ2) is 6.39. The molecule has 2 bridgehead atoms. The molecule has 0 aromatic carbocycles. The molecular weight excluding hydrogens is 268 g/mol. The Morgan fingerprint density at radius 1 is 1.20 bits per heavy atom. The maximum absolute atomic E-state index is 4.78. The molecule has 2 saturated heterocycles. The van der Waals surface area contributed by atoms with E-state index in [-0.39, 0.29) is 0 Å². The van der Waals surface area contributed by atoms with E-state index in [1.165, 1.54) is 32.1 Å². The van der Waals surface area contributed by atoms with Gasteiger partial charge in [0.25, 0.3) is 0 Å². The molecule has 0 aliphatic carbocycles. The Morgan fingerprint density at radius 3 is 2.60 bits per heavy atom. The van der Waals surface area contributed by atoms with Gasteiger partial charge < -0.3 is 10.2 Å². The highest BCUT2D eigenvalue weighted by Crippen LogP contribution is 2.33. The summed E-state index contributed by atoms with van der Waals surface area (Å²) >= 11 is 1.60. The zero-order valence-electron chi connectivity index (χ0n) is 12.6. The Labute approximate surface area is 126 Å². The Balaban J connectivity index is 1.73. The molecule has 2 atom stereocenters. The van der Waals surface area contributed by atoms with Crippen LogP contribution in [-0.2, 0) is 6.42 Å². The highest BCUT2D eigenvalue weighted by molar-refractivity contribution is 7.09. The van der Waals surface area contributed by atoms with Crippen molar-refractivity contribution in [1.29, 1.82) is 0 Å². The second-order valence-corrected chi connectivity index (χ2v) is 6.93. The number of hydrogen-bond donors (Lipinski definition) is 1. The van der Waals surface area contributed by atoms with Gasteiger partial charge in [-0.05, 0) is 38.5 Å². The van der Waals surface area contributed by atoms with Crippen molar-refractivity contribution >= 4 is 16.7 Å². The molecule has 0 saturated carbocycles. The normalized spacial score (nSPS) is 28.8. The third-order valence-corrected chi connectivity index (χ3v) is 5.32. The van der Waals surface area contributed by atoms with E-state index in [1.54, 1.807) is 11.5 Å². The first-order valence-corrected chi connectivity index (χ1v) is 8.92. The van der Waals surface area contributed by atoms with Crippen LogP contribution in [0.1, 0.15) is 58.2 Å². The summed E-state index contributed by atoms with van der Waals surface area (Å²) in [6.45, 7) is 5.57. The summed E-state index contributed by atoms with van der Waals surface area (Å²) in [6.07, 6.45) is 8.59. The van der Waals surface area contributed by atoms with Crippen LogP contribution in [0.25, 0.3) is 0 Å². The number of piperidine rings is 1. The van der Waals surface area contributed by atoms with Crippen molar-refractivity contribution in [2.45, 2.75) is 76.9 Å². The first-order chi connectivity index (χ1) is 9.80. The topological polar surface area (TPSA) is 41.1 Å². The molecule has 1 aromatic rings. The van der Waals surface area contributed by atoms with Crippen LogP contribution >= 0.6 is 11.5 Å². The smallest absolute Gasteiger partial charge is 0.205 e. The van der Waals surface area contributed by atoms with Gasteiger partial charge in [-0.2, -0.15) is 4.37 Å². The van der Waals surface area contributed by atoms with Gasteiger partial charge in [0.15, 0.2) is 0 Å². The molecule has 5 heteroatoms. The van der Waals surface area contributed by atoms with Crippen molar-refractivity contribution in [3.63, 3.8) is 0 Å². The number of rotatable bonds is 6. The maximum atomic E-state index is 4.78. The summed E-state index contributed by atoms with van der Waals surface area (Å²) in [6, 6.07) is 2.14. The molecule has 3 rings (SSSR count). The van der Waals surface area contributed by atoms with Gasteiger partial charge in [0.2, 0.25) is 5.13 Å². The average molecular weight is 294 g/mol. The number of nitrogens with zero attached hydrogens (tertiary/aromatic N) is 3. The van der Waals surface area contributed by atoms with E-state index in [2.05, 4.69) is 28.4 Å². The molecule has 2 aliphatic heterocycles. The fraction of sp³-hybridized carbons (Fsp3) is 0.867. The summed E-state index contributed by atoms with van der Waals surface area (Å²) in [7, 11) is 0. The van der Waals surface area contributed by atoms with Crippen molar-refractivity contribution in [1.82, 2.24) is 14.7 Å². The molecule has 112 valence electrons. The van der Waals surface area contributed by atoms with Gasteiger partial charge in [-0.25, -0.2) is 4.98 Å². The lowest BCUT2D eigenvalue weighted by Gasteiger charge is -2.37. The molecule has 0 amide bonds. The van der Waals surface area contributed by atoms with Crippen LogP contribution in [0.5, 0.6) is 0 Å². The summed E-state index contributed by atoms with van der Waals surface area (Å²) < 4.78 is 4.53. The highest BCUT2D eigenvalue weighted by Gasteiger charge is 2.36. The molecular formula is C15H26N4S. The fourth-order valence-electron chi connectivity index (χ4n) is 3.64. The van der Waals surface area contributed by atoms with E-state index in [9.17, 15) is 0 Å². The van der Waals surface area contributed by atoms with Crippen LogP contribution in [0.4, 0.5) is 5.13 Å². The molecule has 20 heavy (non-hydrogen) atoms. The standard InChI is InChI=1S/C15H26N4S/c1-3-5-14-17-15(20-18-14)19(8-4-2)13-9-11-6-7-12(10-13)16-11/h11-13,16H,3-10H2,1-2H3. The lowest BCUT2D eigenvalue weighted by atomic mass is 9.98. The Bertz CT molecular complexity index is 421. The van der Waals surface area contributed by atoms with Crippen molar-refractivity contribution < 1.29 is 0 Å². The Kier molecular flexibility index (Phi) is 4.56. The van der Waals surface area contributed by atoms with Crippen LogP contribution in [0.2, 0.25) is 0 Å². The largest absolute Gasteiger partial charge is 0.344 e. The predicted octanol–water partition coefficient (Wildman–Crippen LogP) is 2.99. The third-order valence-electron chi connectivity index (χ3n) is 4.53. The Morgan fingerprint density at radius 2 is 1.95 bits per heavy atom. The first-order valence-electron chi connectivity index (χ1n) is 8.15. The Hall–Kier alpha value is -0.680. The summed E-state index contributed by atoms with van der Waals surface area (Å²) in [4.78, 5) is 7.32. The van der Waals surface area contributed by atoms with E-state index in [4.69, 9.17) is 4.98 Å². The molecule has 2 aliphatic rings. The van der Waals surface area contributed by atoms with Gasteiger partial charge in [-0.3, -0.25) is 0 Å². The maximum Gasteiger partial charge on any atom is 0.205 e. The van der Waals surface area contributed by atoms with E-state index < -0.39 is 0 Å². The molecule has 2 fully saturated rings. The van der Waals surface area contributed by atoms with Gasteiger partial charge in [0.05, 0.1) is 0 Å². The van der Waals surface area contributed by atoms with Gasteiger partial charge >= 0.3 is 0 Å². The molecule has 4 nitrogen and oxygen atoms in total. The van der Waals surface area contributed by atoms with Crippen LogP contribution < -0.4 is 10.2 Å². The highest BCUT2D eigenvalue weighted by atomic mass is 32.1. The minimum atomic E-state index is 0.663. The van der Waals surface area contributed by atoms with E-state index >= 15 is 0 Å². The van der Waals surface area contributed by atoms with Gasteiger partial charge in [0, 0.05) is 42.6 Å². The van der Waals surface area contributed by atoms with Gasteiger partial charge in [-0.15, -0.1) is 0 Å². The average Bonchev–Trinajstić information content (AvgIpc) is 3.03. The van der Waals surface area contributed by atoms with E-state index in [1.807, 2.05) is 0 Å². The first kappa shape index (κ1) is 14.3. The summed E-state index contributed by atoms with van der Waals surface area (Å²) in [5, 5.41) is 4.89. The summed E-state index contributed by atoms with van der Waals surface area (Å²) in [5.41, 5.74) is 0. The van der Waals surface area contributed by atoms with Crippen LogP contribution in [0, 0.1) is 0 Å². The minimum Gasteiger partial charge on any atom is -0.344 e. The minimum absolute atomic E-state index is 0.663. The predicted molar refractivity (Wildman–Crippen MR) is 84.5 cm³/mol. The van der Waals surface area contributed by atoms with Gasteiger partial charge in [0.1, 0.15) is 5.82 Å². The van der Waals surface area contributed by atoms with Crippen LogP contribution in [0.15, 0.2) is 0 Å². The number of fused-ring (bicyclic) bond motifs is 2. The lowest BCUT2D eigenvalue weighted by molar-refractivity contribution is 0.346.